The van der Waals surface area contributed by atoms with Crippen molar-refractivity contribution in [1.29, 1.82) is 0 Å². The molecule has 9 heteroatoms. The normalized spacial score (nSPS) is 19.3. The first kappa shape index (κ1) is 22.5. The Balaban J connectivity index is 2.09. The second-order valence-electron chi connectivity index (χ2n) is 8.16. The Hall–Kier alpha value is -0.830. The maximum atomic E-state index is 12.9. The minimum Gasteiger partial charge on any atom is -0.444 e. The van der Waals surface area contributed by atoms with Crippen LogP contribution < -0.4 is 0 Å². The number of rotatable bonds is 5. The van der Waals surface area contributed by atoms with Crippen LogP contribution in [0.25, 0.3) is 0 Å². The van der Waals surface area contributed by atoms with Gasteiger partial charge in [0.25, 0.3) is 10.0 Å². The molecule has 154 valence electrons. The van der Waals surface area contributed by atoms with Crippen molar-refractivity contribution in [2.24, 2.45) is 5.92 Å². The first-order chi connectivity index (χ1) is 12.4. The third-order valence-electron chi connectivity index (χ3n) is 4.33. The lowest BCUT2D eigenvalue weighted by Crippen LogP contribution is -2.48. The summed E-state index contributed by atoms with van der Waals surface area (Å²) in [5.74, 6) is 0.0684. The number of carbonyl (C=O) groups excluding carboxylic acids is 1. The molecule has 1 fully saturated rings. The van der Waals surface area contributed by atoms with Crippen molar-refractivity contribution in [2.45, 2.75) is 63.3 Å². The van der Waals surface area contributed by atoms with Gasteiger partial charge in [0.05, 0.1) is 4.34 Å². The molecule has 6 nitrogen and oxygen atoms in total. The minimum absolute atomic E-state index is 0.0251. The molecular weight excluding hydrogens is 408 g/mol. The van der Waals surface area contributed by atoms with Crippen molar-refractivity contribution in [2.75, 3.05) is 19.6 Å². The van der Waals surface area contributed by atoms with Crippen molar-refractivity contribution in [3.8, 4) is 0 Å². The van der Waals surface area contributed by atoms with Crippen molar-refractivity contribution in [3.63, 3.8) is 0 Å². The zero-order valence-corrected chi connectivity index (χ0v) is 19.0. The van der Waals surface area contributed by atoms with E-state index in [4.69, 9.17) is 16.3 Å². The number of ether oxygens (including phenoxy) is 1. The van der Waals surface area contributed by atoms with Gasteiger partial charge in [-0.1, -0.05) is 11.6 Å². The van der Waals surface area contributed by atoms with Crippen LogP contribution in [0.3, 0.4) is 0 Å². The van der Waals surface area contributed by atoms with Crippen molar-refractivity contribution < 1.29 is 17.9 Å². The topological polar surface area (TPSA) is 66.9 Å². The van der Waals surface area contributed by atoms with Gasteiger partial charge in [-0.05, 0) is 65.5 Å². The average Bonchev–Trinajstić information content (AvgIpc) is 2.98. The Morgan fingerprint density at radius 2 is 2.07 bits per heavy atom. The first-order valence-electron chi connectivity index (χ1n) is 9.15. The van der Waals surface area contributed by atoms with Crippen molar-refractivity contribution >= 4 is 39.1 Å². The Bertz CT molecular complexity index is 756. The number of amides is 1. The molecule has 1 aliphatic rings. The minimum atomic E-state index is -3.55. The Kier molecular flexibility index (Phi) is 7.22. The Morgan fingerprint density at radius 1 is 1.41 bits per heavy atom. The van der Waals surface area contributed by atoms with E-state index in [-0.39, 0.29) is 22.3 Å². The largest absolute Gasteiger partial charge is 0.444 e. The van der Waals surface area contributed by atoms with E-state index in [1.807, 2.05) is 34.6 Å². The summed E-state index contributed by atoms with van der Waals surface area (Å²) in [6.45, 7) is 10.7. The Morgan fingerprint density at radius 3 is 2.59 bits per heavy atom. The lowest BCUT2D eigenvalue weighted by atomic mass is 9.98. The summed E-state index contributed by atoms with van der Waals surface area (Å²) in [7, 11) is -3.55. The molecule has 1 unspecified atom stereocenters. The predicted octanol–water partition coefficient (Wildman–Crippen LogP) is 4.45. The molecule has 2 rings (SSSR count). The lowest BCUT2D eigenvalue weighted by Gasteiger charge is -2.36. The molecule has 27 heavy (non-hydrogen) atoms. The lowest BCUT2D eigenvalue weighted by molar-refractivity contribution is 0.0138. The van der Waals surface area contributed by atoms with E-state index in [0.717, 1.165) is 24.2 Å². The average molecular weight is 437 g/mol. The fourth-order valence-electron chi connectivity index (χ4n) is 3.05. The molecule has 0 bridgehead atoms. The van der Waals surface area contributed by atoms with Gasteiger partial charge in [0.2, 0.25) is 0 Å². The molecule has 0 radical (unpaired) electrons. The van der Waals surface area contributed by atoms with Crippen LogP contribution in [0.4, 0.5) is 4.79 Å². The fraction of sp³-hybridized carbons (Fsp3) is 0.722. The van der Waals surface area contributed by atoms with Crippen LogP contribution in [0, 0.1) is 5.92 Å². The predicted molar refractivity (Wildman–Crippen MR) is 109 cm³/mol. The fourth-order valence-corrected chi connectivity index (χ4v) is 6.24. The molecule has 2 heterocycles. The third-order valence-corrected chi connectivity index (χ3v) is 7.89. The molecule has 1 aromatic rings. The van der Waals surface area contributed by atoms with Crippen LogP contribution in [0.2, 0.25) is 4.34 Å². The quantitative estimate of drug-likeness (QED) is 0.683. The molecule has 1 atom stereocenters. The number of piperidine rings is 1. The van der Waals surface area contributed by atoms with Gasteiger partial charge in [-0.3, -0.25) is 0 Å². The van der Waals surface area contributed by atoms with E-state index in [0.29, 0.717) is 24.0 Å². The highest BCUT2D eigenvalue weighted by Gasteiger charge is 2.34. The van der Waals surface area contributed by atoms with Crippen molar-refractivity contribution in [3.05, 3.63) is 16.5 Å². The summed E-state index contributed by atoms with van der Waals surface area (Å²) in [6.07, 6.45) is 1.29. The van der Waals surface area contributed by atoms with Gasteiger partial charge in [-0.25, -0.2) is 13.2 Å². The maximum Gasteiger partial charge on any atom is 0.410 e. The van der Waals surface area contributed by atoms with Gasteiger partial charge in [-0.2, -0.15) is 4.31 Å². The summed E-state index contributed by atoms with van der Waals surface area (Å²) < 4.78 is 33.5. The van der Waals surface area contributed by atoms with Crippen LogP contribution in [0.15, 0.2) is 16.3 Å². The second kappa shape index (κ2) is 8.68. The van der Waals surface area contributed by atoms with Gasteiger partial charge in [0.1, 0.15) is 9.81 Å². The SMILES string of the molecule is CC(C)N(CC1CCCN(S(=O)(=O)c2ccc(Cl)s2)C1)C(=O)OC(C)(C)C. The molecule has 0 aliphatic carbocycles. The van der Waals surface area contributed by atoms with Crippen LogP contribution in [-0.4, -0.2) is 55.0 Å². The summed E-state index contributed by atoms with van der Waals surface area (Å²) in [5, 5.41) is 0. The molecular formula is C18H29ClN2O4S2. The molecule has 1 aromatic heterocycles. The summed E-state index contributed by atoms with van der Waals surface area (Å²) in [5.41, 5.74) is -0.565. The van der Waals surface area contributed by atoms with E-state index in [9.17, 15) is 13.2 Å². The number of sulfonamides is 1. The zero-order valence-electron chi connectivity index (χ0n) is 16.6. The van der Waals surface area contributed by atoms with Gasteiger partial charge in [-0.15, -0.1) is 11.3 Å². The molecule has 0 saturated carbocycles. The smallest absolute Gasteiger partial charge is 0.410 e. The molecule has 0 spiro atoms. The van der Waals surface area contributed by atoms with Gasteiger partial charge in [0.15, 0.2) is 0 Å². The highest BCUT2D eigenvalue weighted by atomic mass is 35.5. The van der Waals surface area contributed by atoms with E-state index in [1.165, 1.54) is 4.31 Å². The number of halogens is 1. The molecule has 1 aliphatic heterocycles. The van der Waals surface area contributed by atoms with Gasteiger partial charge in [0, 0.05) is 25.7 Å². The van der Waals surface area contributed by atoms with E-state index in [1.54, 1.807) is 17.0 Å². The highest BCUT2D eigenvalue weighted by Crippen LogP contribution is 2.31. The zero-order chi connectivity index (χ0) is 20.4. The first-order valence-corrected chi connectivity index (χ1v) is 11.8. The standard InChI is InChI=1S/C18H29ClN2O4S2/c1-13(2)21(17(22)25-18(3,4)5)12-14-7-6-10-20(11-14)27(23,24)16-9-8-15(19)26-16/h8-9,13-14H,6-7,10-12H2,1-5H3. The van der Waals surface area contributed by atoms with E-state index in [2.05, 4.69) is 0 Å². The summed E-state index contributed by atoms with van der Waals surface area (Å²) in [6, 6.07) is 3.12. The van der Waals surface area contributed by atoms with Crippen LogP contribution in [0.5, 0.6) is 0 Å². The van der Waals surface area contributed by atoms with Gasteiger partial charge >= 0.3 is 6.09 Å². The number of thiophene rings is 1. The second-order valence-corrected chi connectivity index (χ2v) is 12.0. The summed E-state index contributed by atoms with van der Waals surface area (Å²) in [4.78, 5) is 14.2. The van der Waals surface area contributed by atoms with Crippen molar-refractivity contribution in [1.82, 2.24) is 9.21 Å². The molecule has 1 amide bonds. The monoisotopic (exact) mass is 436 g/mol. The van der Waals surface area contributed by atoms with Crippen LogP contribution in [-0.2, 0) is 14.8 Å². The highest BCUT2D eigenvalue weighted by molar-refractivity contribution is 7.91. The molecule has 0 N–H and O–H groups in total. The molecule has 0 aromatic carbocycles. The van der Waals surface area contributed by atoms with E-state index >= 15 is 0 Å². The Labute approximate surface area is 171 Å². The number of carbonyl (C=O) groups is 1. The third kappa shape index (κ3) is 6.07. The van der Waals surface area contributed by atoms with Crippen LogP contribution in [0.1, 0.15) is 47.5 Å². The van der Waals surface area contributed by atoms with E-state index < -0.39 is 15.6 Å². The molecule has 1 saturated heterocycles. The maximum absolute atomic E-state index is 12.9. The number of hydrogen-bond acceptors (Lipinski definition) is 5. The number of hydrogen-bond donors (Lipinski definition) is 0. The number of nitrogens with zero attached hydrogens (tertiary/aromatic N) is 2. The summed E-state index contributed by atoms with van der Waals surface area (Å²) >= 11 is 6.97. The van der Waals surface area contributed by atoms with Gasteiger partial charge < -0.3 is 9.64 Å². The van der Waals surface area contributed by atoms with Crippen LogP contribution >= 0.6 is 22.9 Å².